The first-order chi connectivity index (χ1) is 15.0. The predicted molar refractivity (Wildman–Crippen MR) is 128 cm³/mol. The van der Waals surface area contributed by atoms with E-state index in [1.807, 2.05) is 48.2 Å². The molecule has 0 unspecified atom stereocenters. The van der Waals surface area contributed by atoms with Crippen molar-refractivity contribution in [1.29, 1.82) is 0 Å². The zero-order chi connectivity index (χ0) is 22.6. The van der Waals surface area contributed by atoms with Gasteiger partial charge in [-0.15, -0.1) is 6.58 Å². The number of nitrogens with zero attached hydrogens (tertiary/aromatic N) is 2. The fraction of sp³-hybridized carbons (Fsp3) is 0.423. The molecule has 1 aliphatic rings. The number of likely N-dealkylation sites (tertiary alicyclic amines) is 1. The fourth-order valence-corrected chi connectivity index (χ4v) is 3.29. The molecule has 1 aromatic carbocycles. The van der Waals surface area contributed by atoms with Crippen molar-refractivity contribution in [3.8, 4) is 5.75 Å². The maximum atomic E-state index is 12.2. The van der Waals surface area contributed by atoms with Crippen LogP contribution in [0.3, 0.4) is 0 Å². The minimum Gasteiger partial charge on any atom is -0.497 e. The van der Waals surface area contributed by atoms with E-state index < -0.39 is 0 Å². The number of hydrogen-bond acceptors (Lipinski definition) is 4. The summed E-state index contributed by atoms with van der Waals surface area (Å²) in [7, 11) is 5.63. The molecule has 1 amide bonds. The molecule has 0 bridgehead atoms. The van der Waals surface area contributed by atoms with E-state index in [-0.39, 0.29) is 5.91 Å². The van der Waals surface area contributed by atoms with Crippen LogP contribution in [-0.4, -0.2) is 63.2 Å². The number of allylic oxidation sites excluding steroid dienone is 4. The maximum absolute atomic E-state index is 12.2. The standard InChI is InChI=1S/C26H36N2O3/c1-6-9-23(22-12-14-24(30-5)15-13-22)17-25(10-7-2)31-20-21-18-28(19-21)26(29)11-8-16-27(3)4/h7-9,11-15,17,21H,2,6,10,16,18-20H2,1,3-5H3/b11-8+,23-9+,25-17+. The highest BCUT2D eigenvalue weighted by Gasteiger charge is 2.29. The summed E-state index contributed by atoms with van der Waals surface area (Å²) < 4.78 is 11.4. The van der Waals surface area contributed by atoms with Crippen LogP contribution in [0.1, 0.15) is 25.3 Å². The van der Waals surface area contributed by atoms with E-state index in [1.54, 1.807) is 13.2 Å². The summed E-state index contributed by atoms with van der Waals surface area (Å²) >= 11 is 0. The zero-order valence-corrected chi connectivity index (χ0v) is 19.3. The topological polar surface area (TPSA) is 42.0 Å². The Morgan fingerprint density at radius 1 is 1.26 bits per heavy atom. The van der Waals surface area contributed by atoms with Gasteiger partial charge < -0.3 is 19.3 Å². The van der Waals surface area contributed by atoms with Gasteiger partial charge in [-0.05, 0) is 49.9 Å². The minimum atomic E-state index is 0.0765. The SMILES string of the molecule is C=CC/C(=C\C(=C/CC)c1ccc(OC)cc1)OCC1CN(C(=O)/C=C/CN(C)C)C1. The van der Waals surface area contributed by atoms with E-state index in [0.29, 0.717) is 18.9 Å². The maximum Gasteiger partial charge on any atom is 0.246 e. The molecule has 1 saturated heterocycles. The number of likely N-dealkylation sites (N-methyl/N-ethyl adjacent to an activating group) is 1. The van der Waals surface area contributed by atoms with Gasteiger partial charge in [-0.1, -0.05) is 37.3 Å². The van der Waals surface area contributed by atoms with Crippen LogP contribution in [0.15, 0.2) is 67.0 Å². The van der Waals surface area contributed by atoms with Crippen LogP contribution >= 0.6 is 0 Å². The first-order valence-electron chi connectivity index (χ1n) is 10.9. The highest BCUT2D eigenvalue weighted by atomic mass is 16.5. The van der Waals surface area contributed by atoms with Crippen molar-refractivity contribution in [2.45, 2.75) is 19.8 Å². The molecule has 168 valence electrons. The van der Waals surface area contributed by atoms with Gasteiger partial charge in [0.05, 0.1) is 13.7 Å². The van der Waals surface area contributed by atoms with Crippen LogP contribution in [0.5, 0.6) is 5.75 Å². The molecule has 5 heteroatoms. The molecule has 0 spiro atoms. The van der Waals surface area contributed by atoms with Gasteiger partial charge in [0.25, 0.3) is 0 Å². The van der Waals surface area contributed by atoms with Crippen molar-refractivity contribution in [3.63, 3.8) is 0 Å². The Hall–Kier alpha value is -2.79. The summed E-state index contributed by atoms with van der Waals surface area (Å²) in [4.78, 5) is 16.0. The molecule has 0 saturated carbocycles. The Kier molecular flexibility index (Phi) is 10.1. The number of rotatable bonds is 12. The Morgan fingerprint density at radius 3 is 2.55 bits per heavy atom. The molecule has 1 aliphatic heterocycles. The molecular formula is C26H36N2O3. The van der Waals surface area contributed by atoms with E-state index in [2.05, 4.69) is 37.8 Å². The molecule has 2 rings (SSSR count). The summed E-state index contributed by atoms with van der Waals surface area (Å²) in [5, 5.41) is 0. The van der Waals surface area contributed by atoms with Crippen molar-refractivity contribution in [2.75, 3.05) is 47.4 Å². The smallest absolute Gasteiger partial charge is 0.246 e. The summed E-state index contributed by atoms with van der Waals surface area (Å²) in [5.41, 5.74) is 2.25. The molecule has 0 aromatic heterocycles. The third kappa shape index (κ3) is 8.10. The van der Waals surface area contributed by atoms with Gasteiger partial charge in [-0.2, -0.15) is 0 Å². The molecule has 1 aromatic rings. The second kappa shape index (κ2) is 12.8. The minimum absolute atomic E-state index is 0.0765. The predicted octanol–water partition coefficient (Wildman–Crippen LogP) is 4.54. The van der Waals surface area contributed by atoms with Crippen molar-refractivity contribution >= 4 is 11.5 Å². The van der Waals surface area contributed by atoms with Gasteiger partial charge in [-0.3, -0.25) is 4.79 Å². The lowest BCUT2D eigenvalue weighted by Gasteiger charge is -2.38. The number of amides is 1. The Labute approximate surface area is 187 Å². The summed E-state index contributed by atoms with van der Waals surface area (Å²) in [6.07, 6.45) is 11.3. The van der Waals surface area contributed by atoms with Crippen LogP contribution in [0.4, 0.5) is 0 Å². The Balaban J connectivity index is 1.93. The number of benzene rings is 1. The lowest BCUT2D eigenvalue weighted by Crippen LogP contribution is -2.51. The average molecular weight is 425 g/mol. The number of hydrogen-bond donors (Lipinski definition) is 0. The largest absolute Gasteiger partial charge is 0.497 e. The number of carbonyl (C=O) groups is 1. The quantitative estimate of drug-likeness (QED) is 0.214. The summed E-state index contributed by atoms with van der Waals surface area (Å²) in [6.45, 7) is 8.84. The second-order valence-corrected chi connectivity index (χ2v) is 7.98. The number of methoxy groups -OCH3 is 1. The third-order valence-corrected chi connectivity index (χ3v) is 5.01. The first-order valence-corrected chi connectivity index (χ1v) is 10.9. The van der Waals surface area contributed by atoms with E-state index in [9.17, 15) is 4.79 Å². The second-order valence-electron chi connectivity index (χ2n) is 7.98. The van der Waals surface area contributed by atoms with Crippen molar-refractivity contribution in [2.24, 2.45) is 5.92 Å². The Morgan fingerprint density at radius 2 is 1.97 bits per heavy atom. The first kappa shape index (κ1) is 24.5. The lowest BCUT2D eigenvalue weighted by atomic mass is 10.0. The van der Waals surface area contributed by atoms with Gasteiger partial charge in [-0.25, -0.2) is 0 Å². The van der Waals surface area contributed by atoms with Gasteiger partial charge in [0.15, 0.2) is 0 Å². The monoisotopic (exact) mass is 424 g/mol. The summed E-state index contributed by atoms with van der Waals surface area (Å²) in [5.74, 6) is 2.17. The molecule has 1 heterocycles. The van der Waals surface area contributed by atoms with Gasteiger partial charge >= 0.3 is 0 Å². The van der Waals surface area contributed by atoms with Crippen LogP contribution in [0.25, 0.3) is 5.57 Å². The number of ether oxygens (including phenoxy) is 2. The normalized spacial score (nSPS) is 15.3. The van der Waals surface area contributed by atoms with Crippen LogP contribution in [0.2, 0.25) is 0 Å². The van der Waals surface area contributed by atoms with Crippen LogP contribution < -0.4 is 4.74 Å². The van der Waals surface area contributed by atoms with Crippen molar-refractivity contribution in [1.82, 2.24) is 9.80 Å². The summed E-state index contributed by atoms with van der Waals surface area (Å²) in [6, 6.07) is 8.05. The zero-order valence-electron chi connectivity index (χ0n) is 19.3. The molecule has 0 radical (unpaired) electrons. The average Bonchev–Trinajstić information content (AvgIpc) is 2.72. The van der Waals surface area contributed by atoms with Gasteiger partial charge in [0.2, 0.25) is 5.91 Å². The molecule has 0 atom stereocenters. The van der Waals surface area contributed by atoms with Gasteiger partial charge in [0.1, 0.15) is 11.5 Å². The van der Waals surface area contributed by atoms with E-state index >= 15 is 0 Å². The van der Waals surface area contributed by atoms with Crippen molar-refractivity contribution < 1.29 is 14.3 Å². The highest BCUT2D eigenvalue weighted by molar-refractivity contribution is 5.88. The molecular weight excluding hydrogens is 388 g/mol. The molecule has 1 fully saturated rings. The molecule has 0 N–H and O–H groups in total. The molecule has 5 nitrogen and oxygen atoms in total. The van der Waals surface area contributed by atoms with Crippen LogP contribution in [0, 0.1) is 5.92 Å². The Bertz CT molecular complexity index is 800. The lowest BCUT2D eigenvalue weighted by molar-refractivity contribution is -0.133. The van der Waals surface area contributed by atoms with E-state index in [0.717, 1.165) is 48.7 Å². The number of carbonyl (C=O) groups excluding carboxylic acids is 1. The van der Waals surface area contributed by atoms with Gasteiger partial charge in [0, 0.05) is 38.0 Å². The highest BCUT2D eigenvalue weighted by Crippen LogP contribution is 2.24. The van der Waals surface area contributed by atoms with E-state index in [1.165, 1.54) is 0 Å². The van der Waals surface area contributed by atoms with E-state index in [4.69, 9.17) is 9.47 Å². The third-order valence-electron chi connectivity index (χ3n) is 5.01. The molecule has 31 heavy (non-hydrogen) atoms. The molecule has 0 aliphatic carbocycles. The van der Waals surface area contributed by atoms with Crippen molar-refractivity contribution in [3.05, 3.63) is 72.5 Å². The van der Waals surface area contributed by atoms with Crippen LogP contribution in [-0.2, 0) is 9.53 Å². The fourth-order valence-electron chi connectivity index (χ4n) is 3.29.